The Bertz CT molecular complexity index is 775. The Hall–Kier alpha value is -1.96. The van der Waals surface area contributed by atoms with E-state index < -0.39 is 22.7 Å². The van der Waals surface area contributed by atoms with Gasteiger partial charge in [-0.25, -0.2) is 13.2 Å². The van der Waals surface area contributed by atoms with Gasteiger partial charge in [0, 0.05) is 18.2 Å². The molecule has 0 spiro atoms. The summed E-state index contributed by atoms with van der Waals surface area (Å²) in [6, 6.07) is 2.09. The molecule has 0 bridgehead atoms. The van der Waals surface area contributed by atoms with E-state index in [1.54, 1.807) is 14.0 Å². The van der Waals surface area contributed by atoms with Crippen molar-refractivity contribution >= 4 is 23.5 Å². The van der Waals surface area contributed by atoms with Gasteiger partial charge in [-0.2, -0.15) is 5.10 Å². The zero-order valence-electron chi connectivity index (χ0n) is 11.8. The van der Waals surface area contributed by atoms with Crippen molar-refractivity contribution in [2.24, 2.45) is 7.05 Å². The molecule has 22 heavy (non-hydrogen) atoms. The van der Waals surface area contributed by atoms with E-state index in [2.05, 4.69) is 10.4 Å². The zero-order valence-corrected chi connectivity index (χ0v) is 12.6. The molecule has 0 saturated heterocycles. The summed E-state index contributed by atoms with van der Waals surface area (Å²) in [5.41, 5.74) is 1.20. The highest BCUT2D eigenvalue weighted by atomic mass is 32.2. The molecule has 0 fully saturated rings. The number of amides is 1. The Balaban J connectivity index is 2.20. The molecule has 0 saturated carbocycles. The summed E-state index contributed by atoms with van der Waals surface area (Å²) < 4.78 is 42.3. The summed E-state index contributed by atoms with van der Waals surface area (Å²) in [7, 11) is 1.65. The van der Waals surface area contributed by atoms with Crippen LogP contribution in [0, 0.1) is 24.4 Å². The summed E-state index contributed by atoms with van der Waals surface area (Å²) in [4.78, 5) is 11.8. The van der Waals surface area contributed by atoms with Gasteiger partial charge in [-0.1, -0.05) is 6.07 Å². The Kier molecular flexibility index (Phi) is 3.64. The van der Waals surface area contributed by atoms with Crippen molar-refractivity contribution in [1.82, 2.24) is 9.78 Å². The number of nitrogens with zero attached hydrogens (tertiary/aromatic N) is 2. The molecule has 0 unspecified atom stereocenters. The van der Waals surface area contributed by atoms with E-state index in [4.69, 9.17) is 0 Å². The highest BCUT2D eigenvalue weighted by molar-refractivity contribution is 8.00. The molecule has 0 radical (unpaired) electrons. The third kappa shape index (κ3) is 2.27. The number of carbonyl (C=O) groups is 1. The molecular formula is C14H12F3N3OS. The minimum Gasteiger partial charge on any atom is -0.310 e. The monoisotopic (exact) mass is 327 g/mol. The van der Waals surface area contributed by atoms with Gasteiger partial charge in [0.2, 0.25) is 5.91 Å². The second-order valence-corrected chi connectivity index (χ2v) is 6.07. The van der Waals surface area contributed by atoms with E-state index in [1.807, 2.05) is 0 Å². The van der Waals surface area contributed by atoms with Crippen LogP contribution in [0.5, 0.6) is 0 Å². The number of benzene rings is 1. The van der Waals surface area contributed by atoms with Crippen molar-refractivity contribution in [3.63, 3.8) is 0 Å². The predicted octanol–water partition coefficient (Wildman–Crippen LogP) is 2.92. The van der Waals surface area contributed by atoms with Gasteiger partial charge in [-0.3, -0.25) is 9.48 Å². The number of fused-ring (bicyclic) bond motifs is 1. The maximum absolute atomic E-state index is 14.1. The highest BCUT2D eigenvalue weighted by Gasteiger charge is 2.32. The molecule has 1 atom stereocenters. The minimum absolute atomic E-state index is 0.00208. The van der Waals surface area contributed by atoms with Gasteiger partial charge in [0.25, 0.3) is 0 Å². The normalized spacial score (nSPS) is 17.9. The molecule has 1 aromatic heterocycles. The molecule has 4 nitrogen and oxygen atoms in total. The SMILES string of the molecule is Cc1nn(C)c2c1[C@H](c1ccc(F)c(F)c1F)SCC(=O)N2. The lowest BCUT2D eigenvalue weighted by Crippen LogP contribution is -2.15. The topological polar surface area (TPSA) is 46.9 Å². The van der Waals surface area contributed by atoms with Crippen LogP contribution in [0.1, 0.15) is 22.1 Å². The fourth-order valence-corrected chi connectivity index (χ4v) is 3.74. The summed E-state index contributed by atoms with van der Waals surface area (Å²) in [5.74, 6) is -3.71. The van der Waals surface area contributed by atoms with Gasteiger partial charge in [-0.05, 0) is 13.0 Å². The summed E-state index contributed by atoms with van der Waals surface area (Å²) >= 11 is 1.15. The lowest BCUT2D eigenvalue weighted by Gasteiger charge is -2.16. The molecule has 8 heteroatoms. The first-order chi connectivity index (χ1) is 10.4. The zero-order chi connectivity index (χ0) is 16.0. The fourth-order valence-electron chi connectivity index (χ4n) is 2.54. The molecule has 0 aliphatic carbocycles. The summed E-state index contributed by atoms with van der Waals surface area (Å²) in [6.07, 6.45) is 0. The van der Waals surface area contributed by atoms with Crippen molar-refractivity contribution < 1.29 is 18.0 Å². The van der Waals surface area contributed by atoms with E-state index in [1.165, 1.54) is 10.7 Å². The van der Waals surface area contributed by atoms with Crippen LogP contribution in [0.25, 0.3) is 0 Å². The Morgan fingerprint density at radius 2 is 2.05 bits per heavy atom. The van der Waals surface area contributed by atoms with E-state index in [0.29, 0.717) is 17.1 Å². The van der Waals surface area contributed by atoms with Gasteiger partial charge in [-0.15, -0.1) is 11.8 Å². The number of thioether (sulfide) groups is 1. The molecular weight excluding hydrogens is 315 g/mol. The van der Waals surface area contributed by atoms with Gasteiger partial charge in [0.1, 0.15) is 5.82 Å². The number of aryl methyl sites for hydroxylation is 2. The van der Waals surface area contributed by atoms with Crippen molar-refractivity contribution in [2.45, 2.75) is 12.2 Å². The number of anilines is 1. The number of carbonyl (C=O) groups excluding carboxylic acids is 1. The van der Waals surface area contributed by atoms with Crippen LogP contribution >= 0.6 is 11.8 Å². The highest BCUT2D eigenvalue weighted by Crippen LogP contribution is 2.44. The van der Waals surface area contributed by atoms with Crippen molar-refractivity contribution in [3.8, 4) is 0 Å². The van der Waals surface area contributed by atoms with E-state index in [-0.39, 0.29) is 17.2 Å². The first kappa shape index (κ1) is 15.0. The van der Waals surface area contributed by atoms with Gasteiger partial charge >= 0.3 is 0 Å². The Morgan fingerprint density at radius 3 is 2.77 bits per heavy atom. The standard InChI is InChI=1S/C14H12F3N3OS/c1-6-10-13(7-3-4-8(15)12(17)11(7)16)22-5-9(21)18-14(10)20(2)19-6/h3-4,13H,5H2,1-2H3,(H,18,21)/t13-/m0/s1. The third-order valence-corrected chi connectivity index (χ3v) is 4.77. The molecule has 3 rings (SSSR count). The summed E-state index contributed by atoms with van der Waals surface area (Å²) in [5, 5.41) is 6.28. The molecule has 2 heterocycles. The van der Waals surface area contributed by atoms with Crippen LogP contribution in [0.15, 0.2) is 12.1 Å². The van der Waals surface area contributed by atoms with Crippen LogP contribution < -0.4 is 5.32 Å². The van der Waals surface area contributed by atoms with Crippen molar-refractivity contribution in [2.75, 3.05) is 11.1 Å². The molecule has 1 aromatic carbocycles. The first-order valence-corrected chi connectivity index (χ1v) is 7.53. The number of hydrogen-bond acceptors (Lipinski definition) is 3. The molecule has 1 amide bonds. The number of rotatable bonds is 1. The lowest BCUT2D eigenvalue weighted by atomic mass is 10.0. The second-order valence-electron chi connectivity index (χ2n) is 4.98. The quantitative estimate of drug-likeness (QED) is 0.819. The smallest absolute Gasteiger partial charge is 0.235 e. The minimum atomic E-state index is -1.51. The summed E-state index contributed by atoms with van der Waals surface area (Å²) in [6.45, 7) is 1.72. The van der Waals surface area contributed by atoms with Gasteiger partial charge in [0.05, 0.1) is 16.7 Å². The van der Waals surface area contributed by atoms with Crippen LogP contribution in [-0.4, -0.2) is 21.4 Å². The third-order valence-electron chi connectivity index (χ3n) is 3.52. The number of nitrogens with one attached hydrogen (secondary N) is 1. The average Bonchev–Trinajstić information content (AvgIpc) is 2.64. The van der Waals surface area contributed by atoms with E-state index >= 15 is 0 Å². The van der Waals surface area contributed by atoms with E-state index in [0.717, 1.165) is 17.8 Å². The predicted molar refractivity (Wildman–Crippen MR) is 77.2 cm³/mol. The molecule has 2 aromatic rings. The van der Waals surface area contributed by atoms with Gasteiger partial charge < -0.3 is 5.32 Å². The average molecular weight is 327 g/mol. The molecule has 1 aliphatic rings. The lowest BCUT2D eigenvalue weighted by molar-refractivity contribution is -0.113. The maximum Gasteiger partial charge on any atom is 0.235 e. The van der Waals surface area contributed by atoms with Crippen LogP contribution in [-0.2, 0) is 11.8 Å². The van der Waals surface area contributed by atoms with Crippen LogP contribution in [0.4, 0.5) is 19.0 Å². The Morgan fingerprint density at radius 1 is 1.32 bits per heavy atom. The molecule has 1 N–H and O–H groups in total. The largest absolute Gasteiger partial charge is 0.310 e. The van der Waals surface area contributed by atoms with Crippen LogP contribution in [0.2, 0.25) is 0 Å². The molecule has 1 aliphatic heterocycles. The van der Waals surface area contributed by atoms with E-state index in [9.17, 15) is 18.0 Å². The fraction of sp³-hybridized carbons (Fsp3) is 0.286. The van der Waals surface area contributed by atoms with Crippen molar-refractivity contribution in [3.05, 3.63) is 46.4 Å². The first-order valence-electron chi connectivity index (χ1n) is 6.48. The second kappa shape index (κ2) is 5.35. The number of aromatic nitrogens is 2. The van der Waals surface area contributed by atoms with Crippen LogP contribution in [0.3, 0.4) is 0 Å². The maximum atomic E-state index is 14.1. The number of halogens is 3. The Labute approximate surface area is 128 Å². The number of hydrogen-bond donors (Lipinski definition) is 1. The van der Waals surface area contributed by atoms with Gasteiger partial charge in [0.15, 0.2) is 17.5 Å². The molecule has 116 valence electrons. The van der Waals surface area contributed by atoms with Crippen molar-refractivity contribution in [1.29, 1.82) is 0 Å².